The standard InChI is InChI=1S/C15H26BFO3/c1-11(2)18-10-15(7-8-15)9-12(17)16-19-13(3,4)14(5,6)20-16/h9,11H,7-8,10H2,1-6H3. The van der Waals surface area contributed by atoms with Gasteiger partial charge in [-0.3, -0.25) is 0 Å². The van der Waals surface area contributed by atoms with Crippen molar-refractivity contribution < 1.29 is 18.4 Å². The second-order valence-electron chi connectivity index (χ2n) is 7.34. The van der Waals surface area contributed by atoms with Gasteiger partial charge in [0.25, 0.3) is 0 Å². The molecule has 1 aliphatic heterocycles. The van der Waals surface area contributed by atoms with Crippen LogP contribution in [0.4, 0.5) is 4.39 Å². The van der Waals surface area contributed by atoms with E-state index in [9.17, 15) is 4.39 Å². The summed E-state index contributed by atoms with van der Waals surface area (Å²) in [7, 11) is -0.892. The van der Waals surface area contributed by atoms with Gasteiger partial charge in [-0.15, -0.1) is 0 Å². The molecule has 1 saturated carbocycles. The lowest BCUT2D eigenvalue weighted by molar-refractivity contribution is 0.00578. The lowest BCUT2D eigenvalue weighted by Gasteiger charge is -2.32. The van der Waals surface area contributed by atoms with Crippen LogP contribution >= 0.6 is 0 Å². The molecule has 2 rings (SSSR count). The topological polar surface area (TPSA) is 27.7 Å². The normalized spacial score (nSPS) is 27.2. The second kappa shape index (κ2) is 5.11. The molecular weight excluding hydrogens is 258 g/mol. The fourth-order valence-electron chi connectivity index (χ4n) is 2.14. The zero-order valence-corrected chi connectivity index (χ0v) is 13.5. The first-order valence-corrected chi connectivity index (χ1v) is 7.42. The van der Waals surface area contributed by atoms with Crippen LogP contribution in [0.15, 0.2) is 11.8 Å². The fourth-order valence-corrected chi connectivity index (χ4v) is 2.14. The first kappa shape index (κ1) is 16.0. The van der Waals surface area contributed by atoms with Gasteiger partial charge in [0, 0.05) is 5.41 Å². The summed E-state index contributed by atoms with van der Waals surface area (Å²) in [5.41, 5.74) is -1.49. The predicted octanol–water partition coefficient (Wildman–Crippen LogP) is 3.68. The molecule has 1 aliphatic carbocycles. The average Bonchev–Trinajstić information content (AvgIpc) is 3.00. The van der Waals surface area contributed by atoms with Crippen molar-refractivity contribution >= 4 is 7.12 Å². The van der Waals surface area contributed by atoms with Crippen molar-refractivity contribution in [3.8, 4) is 0 Å². The summed E-state index contributed by atoms with van der Waals surface area (Å²) in [6.07, 6.45) is 3.75. The molecule has 0 atom stereocenters. The first-order chi connectivity index (χ1) is 9.07. The molecule has 5 heteroatoms. The van der Waals surface area contributed by atoms with Gasteiger partial charge in [0.15, 0.2) is 0 Å². The third-order valence-corrected chi connectivity index (χ3v) is 4.52. The van der Waals surface area contributed by atoms with E-state index in [1.54, 1.807) is 6.08 Å². The summed E-state index contributed by atoms with van der Waals surface area (Å²) in [6.45, 7) is 12.3. The van der Waals surface area contributed by atoms with Gasteiger partial charge in [-0.25, -0.2) is 4.39 Å². The number of rotatable bonds is 5. The van der Waals surface area contributed by atoms with Gasteiger partial charge in [-0.1, -0.05) is 0 Å². The summed E-state index contributed by atoms with van der Waals surface area (Å²) in [4.78, 5) is 0. The molecule has 114 valence electrons. The third kappa shape index (κ3) is 3.26. The number of ether oxygens (including phenoxy) is 1. The second-order valence-corrected chi connectivity index (χ2v) is 7.34. The van der Waals surface area contributed by atoms with E-state index in [1.807, 2.05) is 41.5 Å². The van der Waals surface area contributed by atoms with Gasteiger partial charge in [-0.05, 0) is 60.5 Å². The summed E-state index contributed by atoms with van der Waals surface area (Å²) in [6, 6.07) is 0. The summed E-state index contributed by atoms with van der Waals surface area (Å²) >= 11 is 0. The Hall–Kier alpha value is -0.385. The monoisotopic (exact) mass is 284 g/mol. The van der Waals surface area contributed by atoms with E-state index in [0.29, 0.717) is 6.61 Å². The Kier molecular flexibility index (Phi) is 4.09. The van der Waals surface area contributed by atoms with Gasteiger partial charge in [0.05, 0.1) is 23.9 Å². The molecule has 20 heavy (non-hydrogen) atoms. The molecule has 2 fully saturated rings. The van der Waals surface area contributed by atoms with Crippen LogP contribution in [0, 0.1) is 5.41 Å². The Morgan fingerprint density at radius 3 is 2.10 bits per heavy atom. The van der Waals surface area contributed by atoms with Crippen LogP contribution in [0.5, 0.6) is 0 Å². The molecule has 0 spiro atoms. The molecule has 0 aromatic carbocycles. The highest BCUT2D eigenvalue weighted by Crippen LogP contribution is 2.49. The predicted molar refractivity (Wildman–Crippen MR) is 78.0 cm³/mol. The van der Waals surface area contributed by atoms with Crippen LogP contribution in [0.25, 0.3) is 0 Å². The van der Waals surface area contributed by atoms with E-state index in [2.05, 4.69) is 0 Å². The summed E-state index contributed by atoms with van der Waals surface area (Å²) < 4.78 is 31.5. The molecule has 1 saturated heterocycles. The van der Waals surface area contributed by atoms with Gasteiger partial charge < -0.3 is 14.0 Å². The molecule has 0 unspecified atom stereocenters. The molecule has 1 heterocycles. The highest BCUT2D eigenvalue weighted by Gasteiger charge is 2.54. The van der Waals surface area contributed by atoms with Gasteiger partial charge >= 0.3 is 7.12 Å². The van der Waals surface area contributed by atoms with Crippen molar-refractivity contribution in [2.75, 3.05) is 6.61 Å². The Bertz CT molecular complexity index is 384. The van der Waals surface area contributed by atoms with Crippen molar-refractivity contribution in [1.82, 2.24) is 0 Å². The lowest BCUT2D eigenvalue weighted by Crippen LogP contribution is -2.41. The van der Waals surface area contributed by atoms with Crippen LogP contribution < -0.4 is 0 Å². The summed E-state index contributed by atoms with van der Waals surface area (Å²) in [5.74, 6) is 0. The molecule has 3 nitrogen and oxygen atoms in total. The van der Waals surface area contributed by atoms with Crippen molar-refractivity contribution in [3.63, 3.8) is 0 Å². The minimum absolute atomic E-state index is 0.155. The fraction of sp³-hybridized carbons (Fsp3) is 0.867. The Balaban J connectivity index is 2.02. The average molecular weight is 284 g/mol. The zero-order valence-electron chi connectivity index (χ0n) is 13.5. The quantitative estimate of drug-likeness (QED) is 0.721. The van der Waals surface area contributed by atoms with Gasteiger partial charge in [0.1, 0.15) is 5.73 Å². The first-order valence-electron chi connectivity index (χ1n) is 7.42. The minimum atomic E-state index is -0.892. The van der Waals surface area contributed by atoms with E-state index in [-0.39, 0.29) is 17.2 Å². The largest absolute Gasteiger partial charge is 0.524 e. The van der Waals surface area contributed by atoms with E-state index in [1.165, 1.54) is 0 Å². The Morgan fingerprint density at radius 1 is 1.20 bits per heavy atom. The van der Waals surface area contributed by atoms with E-state index < -0.39 is 18.3 Å². The maximum atomic E-state index is 14.4. The number of halogens is 1. The van der Waals surface area contributed by atoms with Crippen LogP contribution in [0.2, 0.25) is 0 Å². The third-order valence-electron chi connectivity index (χ3n) is 4.52. The molecule has 0 bridgehead atoms. The molecular formula is C15H26BFO3. The van der Waals surface area contributed by atoms with E-state index in [4.69, 9.17) is 14.0 Å². The highest BCUT2D eigenvalue weighted by atomic mass is 19.1. The van der Waals surface area contributed by atoms with Crippen molar-refractivity contribution in [2.45, 2.75) is 71.7 Å². The minimum Gasteiger partial charge on any atom is -0.398 e. The number of hydrogen-bond donors (Lipinski definition) is 0. The van der Waals surface area contributed by atoms with Crippen LogP contribution in [-0.2, 0) is 14.0 Å². The smallest absolute Gasteiger partial charge is 0.398 e. The van der Waals surface area contributed by atoms with Gasteiger partial charge in [0.2, 0.25) is 0 Å². The Morgan fingerprint density at radius 2 is 1.70 bits per heavy atom. The molecule has 0 radical (unpaired) electrons. The lowest BCUT2D eigenvalue weighted by atomic mass is 9.85. The Labute approximate surface area is 122 Å². The van der Waals surface area contributed by atoms with E-state index >= 15 is 0 Å². The van der Waals surface area contributed by atoms with E-state index in [0.717, 1.165) is 12.8 Å². The van der Waals surface area contributed by atoms with Crippen molar-refractivity contribution in [1.29, 1.82) is 0 Å². The maximum absolute atomic E-state index is 14.4. The highest BCUT2D eigenvalue weighted by molar-refractivity contribution is 6.53. The van der Waals surface area contributed by atoms with Crippen LogP contribution in [0.3, 0.4) is 0 Å². The van der Waals surface area contributed by atoms with Crippen molar-refractivity contribution in [3.05, 3.63) is 11.8 Å². The summed E-state index contributed by atoms with van der Waals surface area (Å²) in [5, 5.41) is 0. The van der Waals surface area contributed by atoms with Gasteiger partial charge in [-0.2, -0.15) is 0 Å². The molecule has 0 N–H and O–H groups in total. The van der Waals surface area contributed by atoms with Crippen LogP contribution in [-0.4, -0.2) is 31.0 Å². The maximum Gasteiger partial charge on any atom is 0.524 e. The zero-order chi connectivity index (χ0) is 15.2. The molecule has 2 aliphatic rings. The molecule has 0 aromatic rings. The van der Waals surface area contributed by atoms with Crippen LogP contribution in [0.1, 0.15) is 54.4 Å². The molecule has 0 amide bonds. The molecule has 0 aromatic heterocycles. The van der Waals surface area contributed by atoms with Crippen molar-refractivity contribution in [2.24, 2.45) is 5.41 Å². The number of hydrogen-bond acceptors (Lipinski definition) is 3. The SMILES string of the molecule is CC(C)OCC1(C=C(F)B2OC(C)(C)C(C)(C)O2)CC1.